The van der Waals surface area contributed by atoms with Crippen molar-refractivity contribution in [3.63, 3.8) is 0 Å². The molecule has 1 saturated heterocycles. The maximum absolute atomic E-state index is 5.59. The fourth-order valence-corrected chi connectivity index (χ4v) is 2.79. The maximum atomic E-state index is 5.59. The first kappa shape index (κ1) is 20.2. The minimum atomic E-state index is 0.0643. The summed E-state index contributed by atoms with van der Waals surface area (Å²) in [5.41, 5.74) is 0.0643. The largest absolute Gasteiger partial charge is 0.379 e. The summed E-state index contributed by atoms with van der Waals surface area (Å²) >= 11 is 4.22. The van der Waals surface area contributed by atoms with E-state index in [2.05, 4.69) is 36.3 Å². The van der Waals surface area contributed by atoms with Gasteiger partial charge in [-0.15, -0.1) is 12.6 Å². The summed E-state index contributed by atoms with van der Waals surface area (Å²) in [6.07, 6.45) is 5.17. The van der Waals surface area contributed by atoms with Crippen LogP contribution in [-0.4, -0.2) is 73.8 Å². The predicted molar refractivity (Wildman–Crippen MR) is 96.8 cm³/mol. The molecule has 0 amide bonds. The maximum Gasteiger partial charge on any atom is 0.0971 e. The highest BCUT2D eigenvalue weighted by atomic mass is 32.1. The van der Waals surface area contributed by atoms with Crippen LogP contribution in [0.15, 0.2) is 0 Å². The van der Waals surface area contributed by atoms with Gasteiger partial charge >= 0.3 is 0 Å². The Bertz CT molecular complexity index is 231. The Morgan fingerprint density at radius 2 is 1.23 bits per heavy atom. The highest BCUT2D eigenvalue weighted by molar-refractivity contribution is 7.80. The second-order valence-electron chi connectivity index (χ2n) is 6.49. The first-order valence-electron chi connectivity index (χ1n) is 8.94. The SMILES string of the molecule is CC(C)OCCCCN1CCN(CCCCOC(C)S)CC1. The first-order chi connectivity index (χ1) is 10.6. The van der Waals surface area contributed by atoms with E-state index >= 15 is 0 Å². The Kier molecular flexibility index (Phi) is 11.6. The van der Waals surface area contributed by atoms with Gasteiger partial charge in [0.15, 0.2) is 0 Å². The molecule has 0 aliphatic carbocycles. The summed E-state index contributed by atoms with van der Waals surface area (Å²) in [6.45, 7) is 15.2. The highest BCUT2D eigenvalue weighted by Crippen LogP contribution is 2.06. The molecule has 0 saturated carbocycles. The van der Waals surface area contributed by atoms with Crippen molar-refractivity contribution in [2.45, 2.75) is 58.0 Å². The molecule has 1 fully saturated rings. The lowest BCUT2D eigenvalue weighted by Crippen LogP contribution is -2.46. The van der Waals surface area contributed by atoms with Gasteiger partial charge in [0.1, 0.15) is 0 Å². The Balaban J connectivity index is 1.92. The summed E-state index contributed by atoms with van der Waals surface area (Å²) in [5, 5.41) is 0. The van der Waals surface area contributed by atoms with Crippen LogP contribution in [0.25, 0.3) is 0 Å². The zero-order valence-electron chi connectivity index (χ0n) is 14.8. The van der Waals surface area contributed by atoms with Crippen molar-refractivity contribution in [1.29, 1.82) is 0 Å². The standard InChI is InChI=1S/C17H36N2O2S/c1-16(2)20-14-6-4-8-18-10-12-19(13-11-18)9-5-7-15-21-17(3)22/h16-17,22H,4-15H2,1-3H3. The Hall–Kier alpha value is 0.190. The van der Waals surface area contributed by atoms with Crippen molar-refractivity contribution in [3.8, 4) is 0 Å². The molecule has 1 atom stereocenters. The lowest BCUT2D eigenvalue weighted by Gasteiger charge is -2.34. The Morgan fingerprint density at radius 1 is 0.773 bits per heavy atom. The topological polar surface area (TPSA) is 24.9 Å². The minimum Gasteiger partial charge on any atom is -0.379 e. The van der Waals surface area contributed by atoms with Crippen LogP contribution in [-0.2, 0) is 9.47 Å². The second-order valence-corrected chi connectivity index (χ2v) is 7.21. The monoisotopic (exact) mass is 332 g/mol. The van der Waals surface area contributed by atoms with Crippen LogP contribution in [0.3, 0.4) is 0 Å². The molecular formula is C17H36N2O2S. The van der Waals surface area contributed by atoms with Gasteiger partial charge in [-0.1, -0.05) is 0 Å². The molecule has 0 bridgehead atoms. The van der Waals surface area contributed by atoms with E-state index in [0.717, 1.165) is 19.6 Å². The van der Waals surface area contributed by atoms with E-state index in [-0.39, 0.29) is 5.44 Å². The lowest BCUT2D eigenvalue weighted by molar-refractivity contribution is 0.0713. The smallest absolute Gasteiger partial charge is 0.0971 e. The first-order valence-corrected chi connectivity index (χ1v) is 9.45. The Labute approximate surface area is 142 Å². The van der Waals surface area contributed by atoms with E-state index in [1.807, 2.05) is 6.92 Å². The van der Waals surface area contributed by atoms with Gasteiger partial charge in [0, 0.05) is 39.4 Å². The third-order valence-corrected chi connectivity index (χ3v) is 4.16. The zero-order chi connectivity index (χ0) is 16.2. The minimum absolute atomic E-state index is 0.0643. The van der Waals surface area contributed by atoms with Gasteiger partial charge in [0.2, 0.25) is 0 Å². The quantitative estimate of drug-likeness (QED) is 0.337. The molecule has 1 heterocycles. The van der Waals surface area contributed by atoms with Crippen LogP contribution in [0, 0.1) is 0 Å². The van der Waals surface area contributed by atoms with Crippen molar-refractivity contribution in [3.05, 3.63) is 0 Å². The molecule has 0 spiro atoms. The van der Waals surface area contributed by atoms with Crippen LogP contribution < -0.4 is 0 Å². The molecule has 0 aromatic carbocycles. The van der Waals surface area contributed by atoms with Crippen LogP contribution >= 0.6 is 12.6 Å². The molecule has 4 nitrogen and oxygen atoms in total. The van der Waals surface area contributed by atoms with Gasteiger partial charge in [-0.3, -0.25) is 0 Å². The van der Waals surface area contributed by atoms with Gasteiger partial charge in [-0.25, -0.2) is 0 Å². The molecule has 5 heteroatoms. The average Bonchev–Trinajstić information content (AvgIpc) is 2.47. The molecule has 1 unspecified atom stereocenters. The highest BCUT2D eigenvalue weighted by Gasteiger charge is 2.15. The number of piperazine rings is 1. The summed E-state index contributed by atoms with van der Waals surface area (Å²) in [7, 11) is 0. The zero-order valence-corrected chi connectivity index (χ0v) is 15.7. The van der Waals surface area contributed by atoms with E-state index in [1.165, 1.54) is 58.5 Å². The van der Waals surface area contributed by atoms with E-state index in [4.69, 9.17) is 9.47 Å². The molecule has 132 valence electrons. The average molecular weight is 333 g/mol. The molecular weight excluding hydrogens is 296 g/mol. The molecule has 0 radical (unpaired) electrons. The van der Waals surface area contributed by atoms with Gasteiger partial charge < -0.3 is 19.3 Å². The molecule has 0 aromatic rings. The number of nitrogens with zero attached hydrogens (tertiary/aromatic N) is 2. The third kappa shape index (κ3) is 10.8. The van der Waals surface area contributed by atoms with Crippen LogP contribution in [0.5, 0.6) is 0 Å². The summed E-state index contributed by atoms with van der Waals surface area (Å²) in [5.74, 6) is 0. The number of hydrogen-bond donors (Lipinski definition) is 1. The summed E-state index contributed by atoms with van der Waals surface area (Å²) in [4.78, 5) is 5.18. The van der Waals surface area contributed by atoms with Gasteiger partial charge in [0.05, 0.1) is 11.5 Å². The molecule has 0 aromatic heterocycles. The summed E-state index contributed by atoms with van der Waals surface area (Å²) in [6, 6.07) is 0. The molecule has 1 rings (SSSR count). The second kappa shape index (κ2) is 12.6. The number of hydrogen-bond acceptors (Lipinski definition) is 5. The van der Waals surface area contributed by atoms with Crippen LogP contribution in [0.1, 0.15) is 46.5 Å². The number of thiol groups is 1. The van der Waals surface area contributed by atoms with E-state index in [0.29, 0.717) is 6.10 Å². The summed E-state index contributed by atoms with van der Waals surface area (Å²) < 4.78 is 11.0. The fraction of sp³-hybridized carbons (Fsp3) is 1.00. The molecule has 1 aliphatic rings. The van der Waals surface area contributed by atoms with E-state index in [1.54, 1.807) is 0 Å². The van der Waals surface area contributed by atoms with Gasteiger partial charge in [0.25, 0.3) is 0 Å². The van der Waals surface area contributed by atoms with E-state index in [9.17, 15) is 0 Å². The van der Waals surface area contributed by atoms with Crippen molar-refractivity contribution < 1.29 is 9.47 Å². The van der Waals surface area contributed by atoms with Crippen LogP contribution in [0.2, 0.25) is 0 Å². The van der Waals surface area contributed by atoms with Gasteiger partial charge in [-0.2, -0.15) is 0 Å². The normalized spacial score (nSPS) is 19.0. The van der Waals surface area contributed by atoms with Gasteiger partial charge in [-0.05, 0) is 59.5 Å². The van der Waals surface area contributed by atoms with Crippen LogP contribution in [0.4, 0.5) is 0 Å². The number of ether oxygens (including phenoxy) is 2. The molecule has 22 heavy (non-hydrogen) atoms. The molecule has 1 aliphatic heterocycles. The van der Waals surface area contributed by atoms with Crippen molar-refractivity contribution >= 4 is 12.6 Å². The third-order valence-electron chi connectivity index (χ3n) is 4.01. The Morgan fingerprint density at radius 3 is 1.64 bits per heavy atom. The predicted octanol–water partition coefficient (Wildman–Crippen LogP) is 2.88. The lowest BCUT2D eigenvalue weighted by atomic mass is 10.2. The van der Waals surface area contributed by atoms with E-state index < -0.39 is 0 Å². The van der Waals surface area contributed by atoms with Crippen molar-refractivity contribution in [2.75, 3.05) is 52.5 Å². The van der Waals surface area contributed by atoms with Crippen molar-refractivity contribution in [1.82, 2.24) is 9.80 Å². The number of unbranched alkanes of at least 4 members (excludes halogenated alkanes) is 2. The molecule has 0 N–H and O–H groups in total. The fourth-order valence-electron chi connectivity index (χ4n) is 2.68. The van der Waals surface area contributed by atoms with Crippen molar-refractivity contribution in [2.24, 2.45) is 0 Å². The number of rotatable bonds is 12.